The van der Waals surface area contributed by atoms with Crippen LogP contribution in [-0.4, -0.2) is 16.8 Å². The smallest absolute Gasteiger partial charge is 0.416 e. The molecule has 36 heavy (non-hydrogen) atoms. The van der Waals surface area contributed by atoms with E-state index in [4.69, 9.17) is 16.2 Å². The predicted molar refractivity (Wildman–Crippen MR) is 127 cm³/mol. The number of aryl methyl sites for hydroxylation is 1. The topological polar surface area (TPSA) is 120 Å². The average Bonchev–Trinajstić information content (AvgIpc) is 2.86. The summed E-state index contributed by atoms with van der Waals surface area (Å²) in [6.07, 6.45) is -1.38. The molecule has 2 aromatic carbocycles. The number of carbonyl (C=O) groups excluding carboxylic acids is 2. The number of halogens is 3. The number of anilines is 1. The van der Waals surface area contributed by atoms with Crippen LogP contribution in [0.3, 0.4) is 0 Å². The second kappa shape index (κ2) is 10.4. The van der Waals surface area contributed by atoms with Crippen molar-refractivity contribution in [3.05, 3.63) is 88.2 Å². The zero-order valence-electron chi connectivity index (χ0n) is 19.3. The second-order valence-electron chi connectivity index (χ2n) is 8.68. The number of fused-ring (bicyclic) bond motifs is 1. The van der Waals surface area contributed by atoms with E-state index in [1.807, 2.05) is 18.2 Å². The Morgan fingerprint density at radius 2 is 1.86 bits per heavy atom. The van der Waals surface area contributed by atoms with Crippen molar-refractivity contribution in [2.24, 2.45) is 17.4 Å². The molecule has 1 aliphatic carbocycles. The van der Waals surface area contributed by atoms with Gasteiger partial charge in [-0.25, -0.2) is 0 Å². The zero-order chi connectivity index (χ0) is 25.9. The summed E-state index contributed by atoms with van der Waals surface area (Å²) in [5, 5.41) is 2.64. The fourth-order valence-corrected chi connectivity index (χ4v) is 4.20. The Balaban J connectivity index is 1.43. The number of amides is 2. The third kappa shape index (κ3) is 6.01. The second-order valence-corrected chi connectivity index (χ2v) is 8.68. The van der Waals surface area contributed by atoms with Crippen molar-refractivity contribution in [2.45, 2.75) is 38.6 Å². The molecule has 1 heterocycles. The number of alkyl halides is 3. The SMILES string of the molecule is NCc1cc(NC(=O)C2CCc3ccc(OCc4ccnc(C(N)=O)c4)cc3C2)cc(C(F)(F)F)c1. The third-order valence-electron chi connectivity index (χ3n) is 6.08. The molecule has 2 amide bonds. The molecule has 0 saturated carbocycles. The van der Waals surface area contributed by atoms with Crippen LogP contribution in [0, 0.1) is 5.92 Å². The number of hydrogen-bond acceptors (Lipinski definition) is 5. The Bertz CT molecular complexity index is 1290. The highest BCUT2D eigenvalue weighted by atomic mass is 19.4. The van der Waals surface area contributed by atoms with E-state index >= 15 is 0 Å². The van der Waals surface area contributed by atoms with Crippen molar-refractivity contribution in [3.8, 4) is 5.75 Å². The minimum Gasteiger partial charge on any atom is -0.489 e. The van der Waals surface area contributed by atoms with Gasteiger partial charge in [-0.3, -0.25) is 14.6 Å². The lowest BCUT2D eigenvalue weighted by molar-refractivity contribution is -0.137. The van der Waals surface area contributed by atoms with Crippen molar-refractivity contribution in [2.75, 3.05) is 5.32 Å². The molecule has 0 spiro atoms. The summed E-state index contributed by atoms with van der Waals surface area (Å²) < 4.78 is 45.5. The fourth-order valence-electron chi connectivity index (χ4n) is 4.20. The molecule has 188 valence electrons. The van der Waals surface area contributed by atoms with E-state index in [9.17, 15) is 22.8 Å². The summed E-state index contributed by atoms with van der Waals surface area (Å²) in [4.78, 5) is 28.1. The molecule has 5 N–H and O–H groups in total. The van der Waals surface area contributed by atoms with Gasteiger partial charge in [-0.1, -0.05) is 6.07 Å². The maximum Gasteiger partial charge on any atom is 0.416 e. The number of nitrogens with one attached hydrogen (secondary N) is 1. The molecule has 0 radical (unpaired) electrons. The molecular formula is C26H25F3N4O3. The van der Waals surface area contributed by atoms with Gasteiger partial charge in [0, 0.05) is 24.3 Å². The largest absolute Gasteiger partial charge is 0.489 e. The predicted octanol–water partition coefficient (Wildman–Crippen LogP) is 3.98. The quantitative estimate of drug-likeness (QED) is 0.455. The fraction of sp³-hybridized carbons (Fsp3) is 0.269. The Hall–Kier alpha value is -3.92. The van der Waals surface area contributed by atoms with Gasteiger partial charge in [0.1, 0.15) is 18.1 Å². The Morgan fingerprint density at radius 3 is 2.58 bits per heavy atom. The van der Waals surface area contributed by atoms with Gasteiger partial charge in [0.05, 0.1) is 5.56 Å². The number of pyridine rings is 1. The van der Waals surface area contributed by atoms with Gasteiger partial charge < -0.3 is 21.5 Å². The molecule has 7 nitrogen and oxygen atoms in total. The van der Waals surface area contributed by atoms with Crippen molar-refractivity contribution in [1.82, 2.24) is 4.98 Å². The van der Waals surface area contributed by atoms with Crippen LogP contribution in [-0.2, 0) is 37.0 Å². The monoisotopic (exact) mass is 498 g/mol. The van der Waals surface area contributed by atoms with E-state index in [1.54, 1.807) is 12.1 Å². The number of ether oxygens (including phenoxy) is 1. The van der Waals surface area contributed by atoms with E-state index in [0.717, 1.165) is 28.8 Å². The first kappa shape index (κ1) is 25.2. The molecule has 1 atom stereocenters. The molecule has 0 saturated heterocycles. The van der Waals surface area contributed by atoms with Crippen LogP contribution in [0.25, 0.3) is 0 Å². The first-order valence-corrected chi connectivity index (χ1v) is 11.3. The van der Waals surface area contributed by atoms with Crippen LogP contribution in [0.2, 0.25) is 0 Å². The standard InChI is InChI=1S/C26H25F3N4O3/c27-26(28,29)20-7-16(13-30)8-21(12-20)33-25(35)18-2-1-17-3-4-22(11-19(17)10-18)36-14-15-5-6-32-23(9-15)24(31)34/h3-9,11-12,18H,1-2,10,13-14,30H2,(H2,31,34)(H,33,35). The summed E-state index contributed by atoms with van der Waals surface area (Å²) in [7, 11) is 0. The summed E-state index contributed by atoms with van der Waals surface area (Å²) >= 11 is 0. The van der Waals surface area contributed by atoms with E-state index in [-0.39, 0.29) is 36.0 Å². The average molecular weight is 499 g/mol. The number of rotatable bonds is 7. The molecule has 4 rings (SSSR count). The number of aromatic nitrogens is 1. The van der Waals surface area contributed by atoms with E-state index < -0.39 is 23.6 Å². The van der Waals surface area contributed by atoms with Crippen LogP contribution >= 0.6 is 0 Å². The first-order valence-electron chi connectivity index (χ1n) is 11.3. The number of benzene rings is 2. The van der Waals surface area contributed by atoms with Crippen molar-refractivity contribution >= 4 is 17.5 Å². The van der Waals surface area contributed by atoms with Crippen molar-refractivity contribution in [1.29, 1.82) is 0 Å². The highest BCUT2D eigenvalue weighted by molar-refractivity contribution is 5.93. The van der Waals surface area contributed by atoms with Crippen molar-refractivity contribution < 1.29 is 27.5 Å². The van der Waals surface area contributed by atoms with E-state index in [2.05, 4.69) is 10.3 Å². The molecule has 10 heteroatoms. The zero-order valence-corrected chi connectivity index (χ0v) is 19.3. The number of nitrogens with zero attached hydrogens (tertiary/aromatic N) is 1. The first-order chi connectivity index (χ1) is 17.1. The van der Waals surface area contributed by atoms with Crippen LogP contribution in [0.1, 0.15) is 44.7 Å². The molecule has 1 aromatic heterocycles. The maximum absolute atomic E-state index is 13.2. The highest BCUT2D eigenvalue weighted by Gasteiger charge is 2.32. The van der Waals surface area contributed by atoms with Gasteiger partial charge in [0.25, 0.3) is 5.91 Å². The summed E-state index contributed by atoms with van der Waals surface area (Å²) in [5.41, 5.74) is 13.2. The minimum absolute atomic E-state index is 0.0737. The number of nitrogens with two attached hydrogens (primary N) is 2. The molecule has 0 fully saturated rings. The van der Waals surface area contributed by atoms with Gasteiger partial charge in [-0.15, -0.1) is 0 Å². The highest BCUT2D eigenvalue weighted by Crippen LogP contribution is 2.33. The van der Waals surface area contributed by atoms with Crippen LogP contribution in [0.5, 0.6) is 5.75 Å². The van der Waals surface area contributed by atoms with Gasteiger partial charge in [-0.05, 0) is 84.0 Å². The number of primary amides is 1. The van der Waals surface area contributed by atoms with Gasteiger partial charge in [-0.2, -0.15) is 13.2 Å². The summed E-state index contributed by atoms with van der Waals surface area (Å²) in [6, 6.07) is 12.3. The molecular weight excluding hydrogens is 473 g/mol. The summed E-state index contributed by atoms with van der Waals surface area (Å²) in [5.74, 6) is -0.774. The molecule has 1 aliphatic rings. The molecule has 1 unspecified atom stereocenters. The lowest BCUT2D eigenvalue weighted by Gasteiger charge is -2.25. The van der Waals surface area contributed by atoms with Crippen LogP contribution < -0.4 is 21.5 Å². The molecule has 3 aromatic rings. The van der Waals surface area contributed by atoms with Crippen LogP contribution in [0.4, 0.5) is 18.9 Å². The van der Waals surface area contributed by atoms with Crippen LogP contribution in [0.15, 0.2) is 54.7 Å². The number of hydrogen-bond donors (Lipinski definition) is 3. The van der Waals surface area contributed by atoms with Gasteiger partial charge in [0.2, 0.25) is 5.91 Å². The number of carbonyl (C=O) groups is 2. The lowest BCUT2D eigenvalue weighted by Crippen LogP contribution is -2.28. The minimum atomic E-state index is -4.54. The Kier molecular flexibility index (Phi) is 7.25. The third-order valence-corrected chi connectivity index (χ3v) is 6.08. The molecule has 0 bridgehead atoms. The summed E-state index contributed by atoms with van der Waals surface area (Å²) in [6.45, 7) is 0.125. The van der Waals surface area contributed by atoms with E-state index in [1.165, 1.54) is 12.3 Å². The molecule has 0 aliphatic heterocycles. The van der Waals surface area contributed by atoms with Crippen molar-refractivity contribution in [3.63, 3.8) is 0 Å². The lowest BCUT2D eigenvalue weighted by atomic mass is 9.83. The Labute approximate surface area is 205 Å². The van der Waals surface area contributed by atoms with E-state index in [0.29, 0.717) is 25.0 Å². The van der Waals surface area contributed by atoms with Gasteiger partial charge in [0.15, 0.2) is 0 Å². The Morgan fingerprint density at radius 1 is 1.06 bits per heavy atom. The normalized spacial score (nSPS) is 15.2. The van der Waals surface area contributed by atoms with Gasteiger partial charge >= 0.3 is 6.18 Å². The maximum atomic E-state index is 13.2.